The van der Waals surface area contributed by atoms with Crippen molar-refractivity contribution < 1.29 is 13.2 Å². The van der Waals surface area contributed by atoms with Gasteiger partial charge in [-0.2, -0.15) is 0 Å². The van der Waals surface area contributed by atoms with Gasteiger partial charge in [0.25, 0.3) is 5.91 Å². The summed E-state index contributed by atoms with van der Waals surface area (Å²) in [5.74, 6) is 0.751. The van der Waals surface area contributed by atoms with E-state index in [1.165, 1.54) is 0 Å². The molecule has 2 aromatic rings. The first-order chi connectivity index (χ1) is 11.4. The number of anilines is 2. The van der Waals surface area contributed by atoms with Crippen molar-refractivity contribution >= 4 is 39.0 Å². The van der Waals surface area contributed by atoms with E-state index in [4.69, 9.17) is 11.6 Å². The van der Waals surface area contributed by atoms with Crippen molar-refractivity contribution in [1.29, 1.82) is 0 Å². The lowest BCUT2D eigenvalue weighted by atomic mass is 10.2. The molecule has 0 saturated carbocycles. The molecule has 0 aliphatic carbocycles. The fraction of sp³-hybridized carbons (Fsp3) is 0.267. The van der Waals surface area contributed by atoms with Gasteiger partial charge in [-0.1, -0.05) is 11.6 Å². The molecule has 7 nitrogen and oxygen atoms in total. The van der Waals surface area contributed by atoms with Gasteiger partial charge in [0.15, 0.2) is 15.7 Å². The Hall–Kier alpha value is -2.19. The van der Waals surface area contributed by atoms with Crippen LogP contribution >= 0.6 is 11.6 Å². The van der Waals surface area contributed by atoms with Gasteiger partial charge >= 0.3 is 0 Å². The number of hydrogen-bond acceptors (Lipinski definition) is 6. The lowest BCUT2D eigenvalue weighted by Gasteiger charge is -2.11. The number of carbonyl (C=O) groups excluding carboxylic acids is 1. The van der Waals surface area contributed by atoms with Crippen LogP contribution in [-0.2, 0) is 9.84 Å². The molecule has 1 aliphatic heterocycles. The van der Waals surface area contributed by atoms with E-state index < -0.39 is 9.84 Å². The lowest BCUT2D eigenvalue weighted by Crippen LogP contribution is -2.21. The maximum atomic E-state index is 12.1. The number of nitrogens with one attached hydrogen (secondary N) is 2. The molecule has 2 N–H and O–H groups in total. The van der Waals surface area contributed by atoms with E-state index in [9.17, 15) is 13.2 Å². The highest BCUT2D eigenvalue weighted by Gasteiger charge is 2.27. The number of nitrogens with zero attached hydrogens (tertiary/aromatic N) is 2. The largest absolute Gasteiger partial charge is 0.365 e. The molecule has 1 saturated heterocycles. The van der Waals surface area contributed by atoms with Crippen molar-refractivity contribution in [1.82, 2.24) is 10.2 Å². The lowest BCUT2D eigenvalue weighted by molar-refractivity contribution is 0.102. The molecule has 1 aromatic heterocycles. The van der Waals surface area contributed by atoms with E-state index in [-0.39, 0.29) is 23.5 Å². The third-order valence-corrected chi connectivity index (χ3v) is 5.62. The van der Waals surface area contributed by atoms with E-state index >= 15 is 0 Å². The monoisotopic (exact) mass is 366 g/mol. The van der Waals surface area contributed by atoms with Gasteiger partial charge < -0.3 is 10.6 Å². The molecule has 3 rings (SSSR count). The summed E-state index contributed by atoms with van der Waals surface area (Å²) in [5, 5.41) is 14.1. The average molecular weight is 367 g/mol. The van der Waals surface area contributed by atoms with Crippen molar-refractivity contribution in [3.05, 3.63) is 47.0 Å². The summed E-state index contributed by atoms with van der Waals surface area (Å²) < 4.78 is 22.9. The van der Waals surface area contributed by atoms with Crippen LogP contribution in [0.2, 0.25) is 5.02 Å². The Bertz CT molecular complexity index is 838. The first-order valence-electron chi connectivity index (χ1n) is 7.29. The molecule has 9 heteroatoms. The van der Waals surface area contributed by atoms with Gasteiger partial charge in [0, 0.05) is 16.6 Å². The Morgan fingerprint density at radius 1 is 1.08 bits per heavy atom. The second-order valence-electron chi connectivity index (χ2n) is 5.51. The Morgan fingerprint density at radius 3 is 2.33 bits per heavy atom. The van der Waals surface area contributed by atoms with Crippen molar-refractivity contribution in [3.63, 3.8) is 0 Å². The van der Waals surface area contributed by atoms with Gasteiger partial charge in [-0.25, -0.2) is 8.42 Å². The normalized spacial score (nSPS) is 19.0. The van der Waals surface area contributed by atoms with Gasteiger partial charge in [0.05, 0.1) is 11.5 Å². The number of amides is 1. The fourth-order valence-electron chi connectivity index (χ4n) is 2.38. The van der Waals surface area contributed by atoms with Crippen LogP contribution in [0.3, 0.4) is 0 Å². The Morgan fingerprint density at radius 2 is 1.75 bits per heavy atom. The van der Waals surface area contributed by atoms with Crippen LogP contribution in [0, 0.1) is 0 Å². The van der Waals surface area contributed by atoms with E-state index in [1.807, 2.05) is 0 Å². The molecule has 126 valence electrons. The molecule has 1 aromatic carbocycles. The molecule has 1 unspecified atom stereocenters. The molecule has 0 bridgehead atoms. The summed E-state index contributed by atoms with van der Waals surface area (Å²) in [6, 6.07) is 9.58. The fourth-order valence-corrected chi connectivity index (χ4v) is 4.18. The van der Waals surface area contributed by atoms with Gasteiger partial charge in [0.1, 0.15) is 5.82 Å². The smallest absolute Gasteiger partial charge is 0.256 e. The maximum Gasteiger partial charge on any atom is 0.256 e. The van der Waals surface area contributed by atoms with Crippen molar-refractivity contribution in [2.45, 2.75) is 12.5 Å². The van der Waals surface area contributed by atoms with Crippen molar-refractivity contribution in [3.8, 4) is 0 Å². The molecule has 1 atom stereocenters. The van der Waals surface area contributed by atoms with Crippen LogP contribution < -0.4 is 10.6 Å². The van der Waals surface area contributed by atoms with E-state index in [0.29, 0.717) is 28.6 Å². The first-order valence-corrected chi connectivity index (χ1v) is 9.49. The Labute approximate surface area is 144 Å². The summed E-state index contributed by atoms with van der Waals surface area (Å²) in [7, 11) is -2.95. The molecule has 0 spiro atoms. The number of carbonyl (C=O) groups is 1. The number of benzene rings is 1. The molecule has 1 amide bonds. The summed E-state index contributed by atoms with van der Waals surface area (Å²) in [5.41, 5.74) is 0.458. The second kappa shape index (κ2) is 6.74. The zero-order chi connectivity index (χ0) is 17.2. The molecule has 1 fully saturated rings. The van der Waals surface area contributed by atoms with Crippen LogP contribution in [0.1, 0.15) is 16.8 Å². The van der Waals surface area contributed by atoms with Gasteiger partial charge in [0.2, 0.25) is 0 Å². The van der Waals surface area contributed by atoms with E-state index in [1.54, 1.807) is 36.4 Å². The summed E-state index contributed by atoms with van der Waals surface area (Å²) in [6.07, 6.45) is 0.555. The van der Waals surface area contributed by atoms with Crippen LogP contribution in [0.15, 0.2) is 36.4 Å². The number of rotatable bonds is 4. The predicted octanol–water partition coefficient (Wildman–Crippen LogP) is 1.98. The molecule has 2 heterocycles. The highest BCUT2D eigenvalue weighted by molar-refractivity contribution is 7.91. The summed E-state index contributed by atoms with van der Waals surface area (Å²) in [4.78, 5) is 12.1. The quantitative estimate of drug-likeness (QED) is 0.858. The number of aromatic nitrogens is 2. The molecule has 1 aliphatic rings. The van der Waals surface area contributed by atoms with Gasteiger partial charge in [-0.15, -0.1) is 10.2 Å². The standard InChI is InChI=1S/C15H15ClN4O3S/c16-11-3-1-10(2-4-11)15(21)18-14-6-5-13(19-20-14)17-12-7-8-24(22,23)9-12/h1-6,12H,7-9H2,(H,17,19)(H,18,20,21). The van der Waals surface area contributed by atoms with Crippen LogP contribution in [0.5, 0.6) is 0 Å². The Balaban J connectivity index is 1.60. The third kappa shape index (κ3) is 4.21. The van der Waals surface area contributed by atoms with E-state index in [0.717, 1.165) is 0 Å². The van der Waals surface area contributed by atoms with Gasteiger partial charge in [-0.3, -0.25) is 4.79 Å². The molecular weight excluding hydrogens is 352 g/mol. The minimum Gasteiger partial charge on any atom is -0.365 e. The number of sulfone groups is 1. The highest BCUT2D eigenvalue weighted by atomic mass is 35.5. The van der Waals surface area contributed by atoms with Crippen molar-refractivity contribution in [2.24, 2.45) is 0 Å². The van der Waals surface area contributed by atoms with Crippen LogP contribution in [0.25, 0.3) is 0 Å². The zero-order valence-electron chi connectivity index (χ0n) is 12.6. The topological polar surface area (TPSA) is 101 Å². The maximum absolute atomic E-state index is 12.1. The SMILES string of the molecule is O=C(Nc1ccc(NC2CCS(=O)(=O)C2)nn1)c1ccc(Cl)cc1. The first kappa shape index (κ1) is 16.7. The average Bonchev–Trinajstić information content (AvgIpc) is 2.88. The molecule has 24 heavy (non-hydrogen) atoms. The molecular formula is C15H15ClN4O3S. The summed E-state index contributed by atoms with van der Waals surface area (Å²) in [6.45, 7) is 0. The number of halogens is 1. The number of hydrogen-bond donors (Lipinski definition) is 2. The van der Waals surface area contributed by atoms with E-state index in [2.05, 4.69) is 20.8 Å². The zero-order valence-corrected chi connectivity index (χ0v) is 14.1. The van der Waals surface area contributed by atoms with Crippen LogP contribution in [0.4, 0.5) is 11.6 Å². The highest BCUT2D eigenvalue weighted by Crippen LogP contribution is 2.17. The minimum atomic E-state index is -2.95. The summed E-state index contributed by atoms with van der Waals surface area (Å²) >= 11 is 5.78. The third-order valence-electron chi connectivity index (χ3n) is 3.60. The predicted molar refractivity (Wildman–Crippen MR) is 92.1 cm³/mol. The van der Waals surface area contributed by atoms with Crippen molar-refractivity contribution in [2.75, 3.05) is 22.1 Å². The minimum absolute atomic E-state index is 0.101. The second-order valence-corrected chi connectivity index (χ2v) is 8.17. The van der Waals surface area contributed by atoms with Crippen LogP contribution in [-0.4, -0.2) is 42.1 Å². The molecule has 0 radical (unpaired) electrons. The van der Waals surface area contributed by atoms with Gasteiger partial charge in [-0.05, 0) is 42.8 Å². The Kier molecular flexibility index (Phi) is 4.68.